The molecule has 1 aromatic heterocycles. The van der Waals surface area contributed by atoms with Gasteiger partial charge in [0.15, 0.2) is 11.6 Å². The zero-order valence-corrected chi connectivity index (χ0v) is 10.8. The highest BCUT2D eigenvalue weighted by molar-refractivity contribution is 5.19. The van der Waals surface area contributed by atoms with Crippen molar-refractivity contribution in [1.29, 1.82) is 0 Å². The fraction of sp³-hybridized carbons (Fsp3) is 0.357. The maximum absolute atomic E-state index is 13.1. The van der Waals surface area contributed by atoms with Crippen molar-refractivity contribution in [2.75, 3.05) is 0 Å². The zero-order chi connectivity index (χ0) is 13.8. The second-order valence-electron chi connectivity index (χ2n) is 4.77. The van der Waals surface area contributed by atoms with E-state index < -0.39 is 11.6 Å². The highest BCUT2D eigenvalue weighted by Crippen LogP contribution is 2.12. The largest absolute Gasteiger partial charge is 0.327 e. The van der Waals surface area contributed by atoms with E-state index in [1.165, 1.54) is 6.07 Å². The van der Waals surface area contributed by atoms with E-state index in [-0.39, 0.29) is 6.04 Å². The average Bonchev–Trinajstić information content (AvgIpc) is 2.77. The first-order valence-electron chi connectivity index (χ1n) is 6.21. The third-order valence-corrected chi connectivity index (χ3v) is 3.04. The molecule has 0 bridgehead atoms. The maximum atomic E-state index is 13.1. The number of rotatable bonds is 5. The maximum Gasteiger partial charge on any atom is 0.159 e. The molecule has 1 heterocycles. The van der Waals surface area contributed by atoms with Gasteiger partial charge in [0, 0.05) is 19.3 Å². The molecule has 0 spiro atoms. The van der Waals surface area contributed by atoms with Crippen molar-refractivity contribution in [3.63, 3.8) is 0 Å². The van der Waals surface area contributed by atoms with Crippen LogP contribution in [0.25, 0.3) is 0 Å². The molecule has 0 aliphatic carbocycles. The lowest BCUT2D eigenvalue weighted by Gasteiger charge is -2.11. The molecule has 0 saturated heterocycles. The van der Waals surface area contributed by atoms with Gasteiger partial charge in [-0.05, 0) is 42.5 Å². The molecule has 1 unspecified atom stereocenters. The number of aromatic nitrogens is 2. The number of nitrogens with two attached hydrogens (primary N) is 1. The molecule has 0 aliphatic heterocycles. The smallest absolute Gasteiger partial charge is 0.159 e. The summed E-state index contributed by atoms with van der Waals surface area (Å²) in [5.74, 6) is -1.65. The van der Waals surface area contributed by atoms with Gasteiger partial charge < -0.3 is 5.73 Å². The highest BCUT2D eigenvalue weighted by atomic mass is 19.2. The van der Waals surface area contributed by atoms with Gasteiger partial charge in [0.1, 0.15) is 0 Å². The number of benzene rings is 1. The fourth-order valence-electron chi connectivity index (χ4n) is 2.02. The molecule has 0 saturated carbocycles. The number of halogens is 2. The van der Waals surface area contributed by atoms with Gasteiger partial charge >= 0.3 is 0 Å². The van der Waals surface area contributed by atoms with Crippen LogP contribution >= 0.6 is 0 Å². The molecule has 5 heteroatoms. The van der Waals surface area contributed by atoms with Crippen LogP contribution in [-0.4, -0.2) is 15.8 Å². The minimum atomic E-state index is -0.826. The number of aryl methyl sites for hydroxylation is 2. The van der Waals surface area contributed by atoms with E-state index in [0.717, 1.165) is 30.0 Å². The first kappa shape index (κ1) is 13.7. The van der Waals surface area contributed by atoms with E-state index in [1.807, 2.05) is 19.4 Å². The second kappa shape index (κ2) is 5.93. The van der Waals surface area contributed by atoms with Crippen molar-refractivity contribution >= 4 is 0 Å². The van der Waals surface area contributed by atoms with Gasteiger partial charge in [-0.25, -0.2) is 8.78 Å². The van der Waals surface area contributed by atoms with Crippen LogP contribution in [0.2, 0.25) is 0 Å². The summed E-state index contributed by atoms with van der Waals surface area (Å²) in [6.07, 6.45) is 5.91. The normalized spacial score (nSPS) is 12.6. The minimum absolute atomic E-state index is 0.0786. The third-order valence-electron chi connectivity index (χ3n) is 3.04. The molecule has 0 amide bonds. The molecular formula is C14H17F2N3. The van der Waals surface area contributed by atoms with Crippen molar-refractivity contribution in [2.24, 2.45) is 12.8 Å². The van der Waals surface area contributed by atoms with Gasteiger partial charge in [0.25, 0.3) is 0 Å². The number of hydrogen-bond acceptors (Lipinski definition) is 2. The van der Waals surface area contributed by atoms with E-state index >= 15 is 0 Å². The lowest BCUT2D eigenvalue weighted by molar-refractivity contribution is 0.505. The van der Waals surface area contributed by atoms with Crippen molar-refractivity contribution in [1.82, 2.24) is 9.78 Å². The van der Waals surface area contributed by atoms with E-state index in [0.29, 0.717) is 6.42 Å². The van der Waals surface area contributed by atoms with Gasteiger partial charge in [0.05, 0.1) is 6.20 Å². The quantitative estimate of drug-likeness (QED) is 0.900. The van der Waals surface area contributed by atoms with Gasteiger partial charge in [-0.2, -0.15) is 5.10 Å². The Balaban J connectivity index is 1.86. The van der Waals surface area contributed by atoms with Crippen LogP contribution in [0.5, 0.6) is 0 Å². The molecule has 19 heavy (non-hydrogen) atoms. The molecule has 2 N–H and O–H groups in total. The third kappa shape index (κ3) is 3.86. The van der Waals surface area contributed by atoms with Crippen molar-refractivity contribution < 1.29 is 8.78 Å². The van der Waals surface area contributed by atoms with Crippen LogP contribution in [0.4, 0.5) is 8.78 Å². The summed E-state index contributed by atoms with van der Waals surface area (Å²) in [6.45, 7) is 0. The number of nitrogens with zero attached hydrogens (tertiary/aromatic N) is 2. The van der Waals surface area contributed by atoms with Crippen LogP contribution < -0.4 is 5.73 Å². The lowest BCUT2D eigenvalue weighted by Crippen LogP contribution is -2.23. The molecule has 1 atom stereocenters. The van der Waals surface area contributed by atoms with Crippen LogP contribution in [0.3, 0.4) is 0 Å². The van der Waals surface area contributed by atoms with E-state index in [9.17, 15) is 8.78 Å². The van der Waals surface area contributed by atoms with E-state index in [4.69, 9.17) is 5.73 Å². The standard InChI is InChI=1S/C14H17F2N3/c1-19-9-11(8-18-19)2-4-12(17)6-10-3-5-13(15)14(16)7-10/h3,5,7-9,12H,2,4,6,17H2,1H3. The Morgan fingerprint density at radius 1 is 1.26 bits per heavy atom. The van der Waals surface area contributed by atoms with Crippen LogP contribution in [0, 0.1) is 11.6 Å². The SMILES string of the molecule is Cn1cc(CCC(N)Cc2ccc(F)c(F)c2)cn1. The molecule has 2 aromatic rings. The summed E-state index contributed by atoms with van der Waals surface area (Å²) in [4.78, 5) is 0. The molecule has 2 rings (SSSR count). The molecule has 102 valence electrons. The Labute approximate surface area is 111 Å². The Morgan fingerprint density at radius 2 is 2.05 bits per heavy atom. The average molecular weight is 265 g/mol. The summed E-state index contributed by atoms with van der Waals surface area (Å²) >= 11 is 0. The second-order valence-corrected chi connectivity index (χ2v) is 4.77. The summed E-state index contributed by atoms with van der Waals surface area (Å²) in [5, 5.41) is 4.08. The molecule has 0 aliphatic rings. The van der Waals surface area contributed by atoms with E-state index in [1.54, 1.807) is 10.7 Å². The Morgan fingerprint density at radius 3 is 2.68 bits per heavy atom. The number of hydrogen-bond donors (Lipinski definition) is 1. The molecule has 1 aromatic carbocycles. The molecule has 0 radical (unpaired) electrons. The van der Waals surface area contributed by atoms with Crippen molar-refractivity contribution in [3.8, 4) is 0 Å². The van der Waals surface area contributed by atoms with Gasteiger partial charge in [-0.3, -0.25) is 4.68 Å². The molecular weight excluding hydrogens is 248 g/mol. The van der Waals surface area contributed by atoms with Gasteiger partial charge in [0.2, 0.25) is 0 Å². The minimum Gasteiger partial charge on any atom is -0.327 e. The summed E-state index contributed by atoms with van der Waals surface area (Å²) < 4.78 is 27.6. The van der Waals surface area contributed by atoms with Crippen molar-refractivity contribution in [2.45, 2.75) is 25.3 Å². The summed E-state index contributed by atoms with van der Waals surface area (Å²) in [7, 11) is 1.87. The summed E-state index contributed by atoms with van der Waals surface area (Å²) in [6, 6.07) is 3.84. The Hall–Kier alpha value is -1.75. The molecule has 3 nitrogen and oxygen atoms in total. The van der Waals surface area contributed by atoms with E-state index in [2.05, 4.69) is 5.10 Å². The topological polar surface area (TPSA) is 43.8 Å². The van der Waals surface area contributed by atoms with Gasteiger partial charge in [-0.1, -0.05) is 6.07 Å². The summed E-state index contributed by atoms with van der Waals surface area (Å²) in [5.41, 5.74) is 7.85. The monoisotopic (exact) mass is 265 g/mol. The fourth-order valence-corrected chi connectivity index (χ4v) is 2.02. The van der Waals surface area contributed by atoms with Gasteiger partial charge in [-0.15, -0.1) is 0 Å². The van der Waals surface area contributed by atoms with Crippen LogP contribution in [-0.2, 0) is 19.9 Å². The first-order chi connectivity index (χ1) is 9.04. The lowest BCUT2D eigenvalue weighted by atomic mass is 10.0. The predicted octanol–water partition coefficient (Wildman–Crippen LogP) is 2.20. The Bertz CT molecular complexity index is 551. The first-order valence-corrected chi connectivity index (χ1v) is 6.21. The van der Waals surface area contributed by atoms with Crippen LogP contribution in [0.1, 0.15) is 17.5 Å². The molecule has 0 fully saturated rings. The van der Waals surface area contributed by atoms with Crippen LogP contribution in [0.15, 0.2) is 30.6 Å². The Kier molecular flexibility index (Phi) is 4.27. The predicted molar refractivity (Wildman–Crippen MR) is 69.6 cm³/mol. The highest BCUT2D eigenvalue weighted by Gasteiger charge is 2.08. The zero-order valence-electron chi connectivity index (χ0n) is 10.8. The van der Waals surface area contributed by atoms with Crippen molar-refractivity contribution in [3.05, 3.63) is 53.4 Å².